The van der Waals surface area contributed by atoms with Gasteiger partial charge in [-0.15, -0.1) is 0 Å². The summed E-state index contributed by atoms with van der Waals surface area (Å²) in [5.74, 6) is 1.68. The summed E-state index contributed by atoms with van der Waals surface area (Å²) in [6.07, 6.45) is 6.54. The van der Waals surface area contributed by atoms with Crippen molar-refractivity contribution in [2.24, 2.45) is 0 Å². The minimum atomic E-state index is 0.499. The standard InChI is InChI=1S/C17H26O2/c1-3-13-19-17-11-7-15(8-12-17)14-5-9-16(10-6-14)18-4-2/h5-6,9-10,15,17H,3-4,7-8,11-13H2,1-2H3. The van der Waals surface area contributed by atoms with Gasteiger partial charge < -0.3 is 9.47 Å². The zero-order valence-electron chi connectivity index (χ0n) is 12.2. The Labute approximate surface area is 117 Å². The summed E-state index contributed by atoms with van der Waals surface area (Å²) in [5, 5.41) is 0. The van der Waals surface area contributed by atoms with Gasteiger partial charge in [-0.05, 0) is 62.6 Å². The van der Waals surface area contributed by atoms with Crippen LogP contribution >= 0.6 is 0 Å². The van der Waals surface area contributed by atoms with E-state index in [1.165, 1.54) is 31.2 Å². The van der Waals surface area contributed by atoms with Crippen molar-refractivity contribution >= 4 is 0 Å². The third-order valence-corrected chi connectivity index (χ3v) is 3.89. The molecule has 0 aliphatic heterocycles. The number of hydrogen-bond donors (Lipinski definition) is 0. The first-order valence-corrected chi connectivity index (χ1v) is 7.67. The molecular formula is C17H26O2. The van der Waals surface area contributed by atoms with Gasteiger partial charge >= 0.3 is 0 Å². The highest BCUT2D eigenvalue weighted by atomic mass is 16.5. The summed E-state index contributed by atoms with van der Waals surface area (Å²) < 4.78 is 11.3. The Morgan fingerprint density at radius 3 is 2.26 bits per heavy atom. The van der Waals surface area contributed by atoms with Crippen molar-refractivity contribution in [1.29, 1.82) is 0 Å². The minimum Gasteiger partial charge on any atom is -0.494 e. The molecule has 1 fully saturated rings. The van der Waals surface area contributed by atoms with Gasteiger partial charge in [-0.1, -0.05) is 19.1 Å². The molecule has 0 amide bonds. The van der Waals surface area contributed by atoms with E-state index in [9.17, 15) is 0 Å². The summed E-state index contributed by atoms with van der Waals surface area (Å²) >= 11 is 0. The van der Waals surface area contributed by atoms with Crippen LogP contribution in [0.5, 0.6) is 5.75 Å². The normalized spacial score (nSPS) is 23.3. The predicted molar refractivity (Wildman–Crippen MR) is 78.9 cm³/mol. The minimum absolute atomic E-state index is 0.499. The largest absolute Gasteiger partial charge is 0.494 e. The van der Waals surface area contributed by atoms with Crippen LogP contribution in [0.1, 0.15) is 57.4 Å². The van der Waals surface area contributed by atoms with Crippen LogP contribution in [0.25, 0.3) is 0 Å². The summed E-state index contributed by atoms with van der Waals surface area (Å²) in [4.78, 5) is 0. The molecule has 2 rings (SSSR count). The molecule has 1 aromatic carbocycles. The van der Waals surface area contributed by atoms with E-state index in [0.717, 1.165) is 25.4 Å². The lowest BCUT2D eigenvalue weighted by Crippen LogP contribution is -2.21. The second-order valence-corrected chi connectivity index (χ2v) is 5.35. The van der Waals surface area contributed by atoms with Gasteiger partial charge in [-0.25, -0.2) is 0 Å². The van der Waals surface area contributed by atoms with E-state index in [4.69, 9.17) is 9.47 Å². The lowest BCUT2D eigenvalue weighted by atomic mass is 9.83. The van der Waals surface area contributed by atoms with Gasteiger partial charge in [0, 0.05) is 6.61 Å². The maximum atomic E-state index is 5.85. The van der Waals surface area contributed by atoms with Crippen LogP contribution in [0.4, 0.5) is 0 Å². The highest BCUT2D eigenvalue weighted by molar-refractivity contribution is 5.29. The maximum absolute atomic E-state index is 5.85. The fraction of sp³-hybridized carbons (Fsp3) is 0.647. The Balaban J connectivity index is 1.83. The molecular weight excluding hydrogens is 236 g/mol. The van der Waals surface area contributed by atoms with Crippen molar-refractivity contribution in [2.75, 3.05) is 13.2 Å². The number of rotatable bonds is 6. The first kappa shape index (κ1) is 14.4. The number of benzene rings is 1. The first-order valence-electron chi connectivity index (χ1n) is 7.67. The highest BCUT2D eigenvalue weighted by Crippen LogP contribution is 2.34. The van der Waals surface area contributed by atoms with Gasteiger partial charge in [0.2, 0.25) is 0 Å². The van der Waals surface area contributed by atoms with Crippen LogP contribution in [0.2, 0.25) is 0 Å². The third-order valence-electron chi connectivity index (χ3n) is 3.89. The van der Waals surface area contributed by atoms with E-state index in [1.807, 2.05) is 6.92 Å². The van der Waals surface area contributed by atoms with Gasteiger partial charge in [0.1, 0.15) is 5.75 Å². The Morgan fingerprint density at radius 1 is 1.00 bits per heavy atom. The van der Waals surface area contributed by atoms with E-state index in [-0.39, 0.29) is 0 Å². The molecule has 19 heavy (non-hydrogen) atoms. The molecule has 0 spiro atoms. The Hall–Kier alpha value is -1.02. The molecule has 0 atom stereocenters. The van der Waals surface area contributed by atoms with Crippen molar-refractivity contribution < 1.29 is 9.47 Å². The molecule has 0 heterocycles. The van der Waals surface area contributed by atoms with Crippen molar-refractivity contribution in [1.82, 2.24) is 0 Å². The molecule has 1 saturated carbocycles. The van der Waals surface area contributed by atoms with E-state index < -0.39 is 0 Å². The fourth-order valence-corrected chi connectivity index (χ4v) is 2.85. The molecule has 0 bridgehead atoms. The van der Waals surface area contributed by atoms with E-state index >= 15 is 0 Å². The van der Waals surface area contributed by atoms with Crippen molar-refractivity contribution in [2.45, 2.75) is 58.0 Å². The van der Waals surface area contributed by atoms with E-state index in [1.54, 1.807) is 0 Å². The molecule has 0 radical (unpaired) electrons. The monoisotopic (exact) mass is 262 g/mol. The molecule has 2 nitrogen and oxygen atoms in total. The smallest absolute Gasteiger partial charge is 0.119 e. The summed E-state index contributed by atoms with van der Waals surface area (Å²) in [6.45, 7) is 5.84. The van der Waals surface area contributed by atoms with Crippen molar-refractivity contribution in [3.8, 4) is 5.75 Å². The SMILES string of the molecule is CCCOC1CCC(c2ccc(OCC)cc2)CC1. The van der Waals surface area contributed by atoms with E-state index in [0.29, 0.717) is 12.0 Å². The van der Waals surface area contributed by atoms with Crippen LogP contribution in [0.3, 0.4) is 0 Å². The lowest BCUT2D eigenvalue weighted by Gasteiger charge is -2.28. The summed E-state index contributed by atoms with van der Waals surface area (Å²) in [5.41, 5.74) is 1.46. The molecule has 0 saturated heterocycles. The van der Waals surface area contributed by atoms with Gasteiger partial charge in [0.25, 0.3) is 0 Å². The van der Waals surface area contributed by atoms with E-state index in [2.05, 4.69) is 31.2 Å². The number of hydrogen-bond acceptors (Lipinski definition) is 2. The van der Waals surface area contributed by atoms with Crippen LogP contribution < -0.4 is 4.74 Å². The first-order chi connectivity index (χ1) is 9.33. The van der Waals surface area contributed by atoms with Gasteiger partial charge in [0.15, 0.2) is 0 Å². The maximum Gasteiger partial charge on any atom is 0.119 e. The third kappa shape index (κ3) is 4.24. The summed E-state index contributed by atoms with van der Waals surface area (Å²) in [7, 11) is 0. The van der Waals surface area contributed by atoms with Crippen molar-refractivity contribution in [3.63, 3.8) is 0 Å². The van der Waals surface area contributed by atoms with Gasteiger partial charge in [-0.3, -0.25) is 0 Å². The molecule has 0 unspecified atom stereocenters. The lowest BCUT2D eigenvalue weighted by molar-refractivity contribution is 0.0251. The molecule has 2 heteroatoms. The Bertz CT molecular complexity index is 350. The van der Waals surface area contributed by atoms with Crippen LogP contribution in [-0.2, 0) is 4.74 Å². The second kappa shape index (κ2) is 7.54. The predicted octanol–water partition coefficient (Wildman–Crippen LogP) is 4.54. The topological polar surface area (TPSA) is 18.5 Å². The average Bonchev–Trinajstić information content (AvgIpc) is 2.47. The zero-order valence-corrected chi connectivity index (χ0v) is 12.2. The summed E-state index contributed by atoms with van der Waals surface area (Å²) in [6, 6.07) is 8.64. The molecule has 106 valence electrons. The Morgan fingerprint density at radius 2 is 1.68 bits per heavy atom. The quantitative estimate of drug-likeness (QED) is 0.749. The second-order valence-electron chi connectivity index (χ2n) is 5.35. The van der Waals surface area contributed by atoms with Gasteiger partial charge in [-0.2, -0.15) is 0 Å². The van der Waals surface area contributed by atoms with Gasteiger partial charge in [0.05, 0.1) is 12.7 Å². The van der Waals surface area contributed by atoms with Crippen LogP contribution in [0, 0.1) is 0 Å². The number of ether oxygens (including phenoxy) is 2. The molecule has 1 aliphatic rings. The zero-order chi connectivity index (χ0) is 13.5. The highest BCUT2D eigenvalue weighted by Gasteiger charge is 2.22. The Kier molecular flexibility index (Phi) is 5.71. The van der Waals surface area contributed by atoms with Crippen LogP contribution in [0.15, 0.2) is 24.3 Å². The fourth-order valence-electron chi connectivity index (χ4n) is 2.85. The molecule has 0 N–H and O–H groups in total. The van der Waals surface area contributed by atoms with Crippen LogP contribution in [-0.4, -0.2) is 19.3 Å². The van der Waals surface area contributed by atoms with Crippen molar-refractivity contribution in [3.05, 3.63) is 29.8 Å². The molecule has 0 aromatic heterocycles. The molecule has 1 aromatic rings. The average molecular weight is 262 g/mol. The molecule has 1 aliphatic carbocycles.